The van der Waals surface area contributed by atoms with E-state index in [-0.39, 0.29) is 6.61 Å². The van der Waals surface area contributed by atoms with Gasteiger partial charge in [-0.15, -0.1) is 0 Å². The Labute approximate surface area is 169 Å². The lowest BCUT2D eigenvalue weighted by atomic mass is 10.1. The van der Waals surface area contributed by atoms with Crippen molar-refractivity contribution in [2.75, 3.05) is 5.32 Å². The molecule has 0 radical (unpaired) electrons. The lowest BCUT2D eigenvalue weighted by Gasteiger charge is -2.08. The minimum atomic E-state index is -0.531. The summed E-state index contributed by atoms with van der Waals surface area (Å²) < 4.78 is 5.24. The highest BCUT2D eigenvalue weighted by atomic mass is 35.5. The fourth-order valence-electron chi connectivity index (χ4n) is 2.67. The van der Waals surface area contributed by atoms with Crippen molar-refractivity contribution < 1.29 is 9.53 Å². The van der Waals surface area contributed by atoms with E-state index in [1.807, 2.05) is 78.9 Å². The van der Waals surface area contributed by atoms with Crippen molar-refractivity contribution in [3.8, 4) is 0 Å². The molecule has 0 aliphatic carbocycles. The zero-order valence-electron chi connectivity index (χ0n) is 15.3. The first-order valence-corrected chi connectivity index (χ1v) is 9.25. The van der Waals surface area contributed by atoms with Gasteiger partial charge in [-0.05, 0) is 40.5 Å². The van der Waals surface area contributed by atoms with Crippen LogP contribution in [0.15, 0.2) is 72.8 Å². The Morgan fingerprint density at radius 3 is 2.46 bits per heavy atom. The summed E-state index contributed by atoms with van der Waals surface area (Å²) in [7, 11) is 0. The average Bonchev–Trinajstić information content (AvgIpc) is 2.71. The van der Waals surface area contributed by atoms with Gasteiger partial charge in [-0.2, -0.15) is 0 Å². The fraction of sp³-hybridized carbons (Fsp3) is 0.0870. The van der Waals surface area contributed by atoms with Gasteiger partial charge in [0.1, 0.15) is 6.61 Å². The highest BCUT2D eigenvalue weighted by molar-refractivity contribution is 6.31. The molecule has 3 aromatic rings. The molecule has 3 rings (SSSR count). The third-order valence-corrected chi connectivity index (χ3v) is 4.25. The minimum absolute atomic E-state index is 0.206. The van der Waals surface area contributed by atoms with Gasteiger partial charge in [-0.3, -0.25) is 5.32 Å². The average molecular weight is 393 g/mol. The summed E-state index contributed by atoms with van der Waals surface area (Å²) in [5.74, 6) is 0. The molecule has 0 saturated heterocycles. The number of nitrogens with one attached hydrogen (secondary N) is 1. The van der Waals surface area contributed by atoms with Crippen LogP contribution in [0.25, 0.3) is 12.2 Å². The molecule has 0 saturated carbocycles. The number of nitrogens with two attached hydrogens (primary N) is 1. The normalized spacial score (nSPS) is 10.8. The molecule has 0 atom stereocenters. The van der Waals surface area contributed by atoms with Crippen LogP contribution in [0.3, 0.4) is 0 Å². The Kier molecular flexibility index (Phi) is 6.84. The molecule has 4 nitrogen and oxygen atoms in total. The van der Waals surface area contributed by atoms with Crippen molar-refractivity contribution in [1.82, 2.24) is 0 Å². The number of halogens is 1. The molecule has 0 heterocycles. The summed E-state index contributed by atoms with van der Waals surface area (Å²) in [6, 6.07) is 22.8. The van der Waals surface area contributed by atoms with Crippen LogP contribution in [0.5, 0.6) is 0 Å². The van der Waals surface area contributed by atoms with Crippen LogP contribution in [0, 0.1) is 0 Å². The third kappa shape index (κ3) is 5.98. The summed E-state index contributed by atoms with van der Waals surface area (Å²) >= 11 is 6.19. The van der Waals surface area contributed by atoms with Gasteiger partial charge in [-0.1, -0.05) is 78.4 Å². The molecule has 28 heavy (non-hydrogen) atoms. The number of carbonyl (C=O) groups excluding carboxylic acids is 1. The molecule has 0 fully saturated rings. The highest BCUT2D eigenvalue weighted by Gasteiger charge is 2.05. The second-order valence-electron chi connectivity index (χ2n) is 6.24. The summed E-state index contributed by atoms with van der Waals surface area (Å²) in [5.41, 5.74) is 10.1. The predicted octanol–water partition coefficient (Wildman–Crippen LogP) is 5.72. The largest absolute Gasteiger partial charge is 0.444 e. The number of benzene rings is 3. The van der Waals surface area contributed by atoms with E-state index in [1.54, 1.807) is 6.07 Å². The van der Waals surface area contributed by atoms with Crippen LogP contribution in [0.1, 0.15) is 22.3 Å². The van der Waals surface area contributed by atoms with E-state index in [0.717, 1.165) is 22.3 Å². The van der Waals surface area contributed by atoms with E-state index in [2.05, 4.69) is 5.32 Å². The summed E-state index contributed by atoms with van der Waals surface area (Å²) in [6.07, 6.45) is 3.38. The Bertz CT molecular complexity index is 971. The number of anilines is 1. The Morgan fingerprint density at radius 2 is 1.68 bits per heavy atom. The van der Waals surface area contributed by atoms with Gasteiger partial charge >= 0.3 is 6.09 Å². The predicted molar refractivity (Wildman–Crippen MR) is 115 cm³/mol. The molecule has 0 aliphatic heterocycles. The van der Waals surface area contributed by atoms with E-state index >= 15 is 0 Å². The molecule has 1 amide bonds. The molecule has 0 aromatic heterocycles. The maximum atomic E-state index is 12.1. The first kappa shape index (κ1) is 19.7. The number of rotatable bonds is 6. The maximum absolute atomic E-state index is 12.1. The number of carbonyl (C=O) groups is 1. The lowest BCUT2D eigenvalue weighted by Crippen LogP contribution is -2.13. The third-order valence-electron chi connectivity index (χ3n) is 4.03. The van der Waals surface area contributed by atoms with Crippen molar-refractivity contribution in [1.29, 1.82) is 0 Å². The summed E-state index contributed by atoms with van der Waals surface area (Å²) in [5, 5.41) is 3.24. The van der Waals surface area contributed by atoms with Crippen LogP contribution in [0.2, 0.25) is 5.02 Å². The van der Waals surface area contributed by atoms with E-state index in [9.17, 15) is 4.79 Å². The second-order valence-corrected chi connectivity index (χ2v) is 6.68. The van der Waals surface area contributed by atoms with Crippen LogP contribution in [0.4, 0.5) is 10.5 Å². The van der Waals surface area contributed by atoms with E-state index in [1.165, 1.54) is 0 Å². The molecule has 3 aromatic carbocycles. The molecule has 5 heteroatoms. The van der Waals surface area contributed by atoms with Crippen molar-refractivity contribution in [3.63, 3.8) is 0 Å². The minimum Gasteiger partial charge on any atom is -0.444 e. The van der Waals surface area contributed by atoms with Gasteiger partial charge in [0.2, 0.25) is 0 Å². The fourth-order valence-corrected chi connectivity index (χ4v) is 2.92. The van der Waals surface area contributed by atoms with Crippen LogP contribution >= 0.6 is 11.6 Å². The molecule has 3 N–H and O–H groups in total. The van der Waals surface area contributed by atoms with Gasteiger partial charge in [0, 0.05) is 17.3 Å². The van der Waals surface area contributed by atoms with Gasteiger partial charge < -0.3 is 10.5 Å². The van der Waals surface area contributed by atoms with Crippen LogP contribution in [-0.4, -0.2) is 6.09 Å². The summed E-state index contributed by atoms with van der Waals surface area (Å²) in [4.78, 5) is 12.1. The van der Waals surface area contributed by atoms with Gasteiger partial charge in [0.25, 0.3) is 0 Å². The zero-order valence-corrected chi connectivity index (χ0v) is 16.0. The second kappa shape index (κ2) is 9.74. The van der Waals surface area contributed by atoms with E-state index in [4.69, 9.17) is 22.1 Å². The zero-order chi connectivity index (χ0) is 19.8. The smallest absolute Gasteiger partial charge is 0.411 e. The molecule has 0 spiro atoms. The van der Waals surface area contributed by atoms with Crippen molar-refractivity contribution in [2.45, 2.75) is 13.2 Å². The van der Waals surface area contributed by atoms with Gasteiger partial charge in [0.05, 0.1) is 0 Å². The Balaban J connectivity index is 1.65. The van der Waals surface area contributed by atoms with Gasteiger partial charge in [-0.25, -0.2) is 4.79 Å². The topological polar surface area (TPSA) is 64.3 Å². The molecule has 142 valence electrons. The monoisotopic (exact) mass is 392 g/mol. The highest BCUT2D eigenvalue weighted by Crippen LogP contribution is 2.21. The molecular formula is C23H21ClN2O2. The van der Waals surface area contributed by atoms with E-state index < -0.39 is 6.09 Å². The van der Waals surface area contributed by atoms with E-state index in [0.29, 0.717) is 17.3 Å². The Hall–Kier alpha value is -3.08. The van der Waals surface area contributed by atoms with Crippen molar-refractivity contribution in [3.05, 3.63) is 100 Å². The molecule has 0 unspecified atom stereocenters. The molecule has 0 aliphatic rings. The molecular weight excluding hydrogens is 372 g/mol. The first-order valence-electron chi connectivity index (χ1n) is 8.88. The summed E-state index contributed by atoms with van der Waals surface area (Å²) in [6.45, 7) is 0.704. The quantitative estimate of drug-likeness (QED) is 0.527. The maximum Gasteiger partial charge on any atom is 0.411 e. The van der Waals surface area contributed by atoms with Crippen LogP contribution in [-0.2, 0) is 17.9 Å². The number of amides is 1. The first-order chi connectivity index (χ1) is 13.6. The SMILES string of the molecule is NCc1cccc(/C=C/c2cc(Cl)cc(NC(=O)OCc3ccccc3)c2)c1. The van der Waals surface area contributed by atoms with Crippen molar-refractivity contribution >= 4 is 35.5 Å². The standard InChI is InChI=1S/C23H21ClN2O2/c24-21-12-19(10-9-17-7-4-8-20(11-17)15-25)13-22(14-21)26-23(27)28-16-18-5-2-1-3-6-18/h1-14H,15-16,25H2,(H,26,27)/b10-9+. The van der Waals surface area contributed by atoms with Gasteiger partial charge in [0.15, 0.2) is 0 Å². The lowest BCUT2D eigenvalue weighted by molar-refractivity contribution is 0.155. The Morgan fingerprint density at radius 1 is 0.929 bits per heavy atom. The molecule has 0 bridgehead atoms. The number of hydrogen-bond donors (Lipinski definition) is 2. The van der Waals surface area contributed by atoms with Crippen LogP contribution < -0.4 is 11.1 Å². The van der Waals surface area contributed by atoms with Crippen molar-refractivity contribution in [2.24, 2.45) is 5.73 Å². The number of hydrogen-bond acceptors (Lipinski definition) is 3. The number of ether oxygens (including phenoxy) is 1.